The van der Waals surface area contributed by atoms with Crippen LogP contribution in [0.5, 0.6) is 0 Å². The van der Waals surface area contributed by atoms with Crippen LogP contribution < -0.4 is 5.32 Å². The van der Waals surface area contributed by atoms with Gasteiger partial charge in [-0.25, -0.2) is 24.3 Å². The van der Waals surface area contributed by atoms with Crippen molar-refractivity contribution in [1.29, 1.82) is 0 Å². The van der Waals surface area contributed by atoms with Gasteiger partial charge in [-0.3, -0.25) is 4.79 Å². The summed E-state index contributed by atoms with van der Waals surface area (Å²) in [5.74, 6) is 0.670. The molecule has 2 aromatic heterocycles. The van der Waals surface area contributed by atoms with Gasteiger partial charge in [-0.2, -0.15) is 0 Å². The zero-order valence-corrected chi connectivity index (χ0v) is 16.6. The lowest BCUT2D eigenvalue weighted by molar-refractivity contribution is 0.0692. The number of anilines is 1. The minimum Gasteiger partial charge on any atom is -0.349 e. The molecule has 9 heteroatoms. The standard InChI is InChI=1S/C21H18ClFN6O/c22-13-7-26-21(27-8-13)28-17-5-12-6-18(17)29(11-12)20(30)16-4-2-1-3-15(16)19-24-9-14(23)10-25-19/h1-4,7-10,12,17-18H,5-6,11H2,(H,26,27,28). The molecule has 2 fully saturated rings. The van der Waals surface area contributed by atoms with Gasteiger partial charge in [0.15, 0.2) is 11.6 Å². The molecule has 3 atom stereocenters. The number of amides is 1. The number of hydrogen-bond acceptors (Lipinski definition) is 6. The Kier molecular flexibility index (Phi) is 4.78. The molecular formula is C21H18ClFN6O. The summed E-state index contributed by atoms with van der Waals surface area (Å²) in [7, 11) is 0. The van der Waals surface area contributed by atoms with E-state index in [9.17, 15) is 9.18 Å². The first-order valence-electron chi connectivity index (χ1n) is 9.70. The minimum absolute atomic E-state index is 0.0453. The number of rotatable bonds is 4. The van der Waals surface area contributed by atoms with Crippen molar-refractivity contribution in [3.8, 4) is 11.4 Å². The summed E-state index contributed by atoms with van der Waals surface area (Å²) in [6, 6.07) is 7.29. The van der Waals surface area contributed by atoms with Crippen LogP contribution in [0.25, 0.3) is 11.4 Å². The maximum Gasteiger partial charge on any atom is 0.254 e. The predicted octanol–water partition coefficient (Wildman–Crippen LogP) is 3.44. The number of carbonyl (C=O) groups is 1. The summed E-state index contributed by atoms with van der Waals surface area (Å²) in [6.07, 6.45) is 7.20. The maximum atomic E-state index is 13.5. The van der Waals surface area contributed by atoms with E-state index in [2.05, 4.69) is 25.3 Å². The summed E-state index contributed by atoms with van der Waals surface area (Å²) in [5, 5.41) is 3.82. The second-order valence-electron chi connectivity index (χ2n) is 7.61. The molecule has 3 heterocycles. The van der Waals surface area contributed by atoms with Crippen LogP contribution in [0.1, 0.15) is 23.2 Å². The monoisotopic (exact) mass is 424 g/mol. The Labute approximate surface area is 177 Å². The van der Waals surface area contributed by atoms with E-state index in [1.165, 1.54) is 0 Å². The van der Waals surface area contributed by atoms with E-state index in [0.29, 0.717) is 40.4 Å². The second-order valence-corrected chi connectivity index (χ2v) is 8.04. The van der Waals surface area contributed by atoms with E-state index in [0.717, 1.165) is 25.2 Å². The number of nitrogens with zero attached hydrogens (tertiary/aromatic N) is 5. The largest absolute Gasteiger partial charge is 0.349 e. The molecular weight excluding hydrogens is 407 g/mol. The fraction of sp³-hybridized carbons (Fsp3) is 0.286. The molecule has 3 unspecified atom stereocenters. The lowest BCUT2D eigenvalue weighted by atomic mass is 10.0. The lowest BCUT2D eigenvalue weighted by Gasteiger charge is -2.34. The zero-order valence-electron chi connectivity index (χ0n) is 15.9. The Morgan fingerprint density at radius 1 is 1.07 bits per heavy atom. The van der Waals surface area contributed by atoms with Crippen molar-refractivity contribution in [2.24, 2.45) is 5.92 Å². The van der Waals surface area contributed by atoms with Crippen molar-refractivity contribution in [2.45, 2.75) is 24.9 Å². The first-order chi connectivity index (χ1) is 14.6. The van der Waals surface area contributed by atoms with Crippen LogP contribution in [0.4, 0.5) is 10.3 Å². The van der Waals surface area contributed by atoms with Gasteiger partial charge in [0.2, 0.25) is 5.95 Å². The normalized spacial score (nSPS) is 22.3. The van der Waals surface area contributed by atoms with Crippen LogP contribution in [0.3, 0.4) is 0 Å². The second kappa shape index (κ2) is 7.60. The molecule has 1 N–H and O–H groups in total. The summed E-state index contributed by atoms with van der Waals surface area (Å²) in [6.45, 7) is 0.710. The van der Waals surface area contributed by atoms with Crippen molar-refractivity contribution in [3.63, 3.8) is 0 Å². The van der Waals surface area contributed by atoms with E-state index in [1.54, 1.807) is 24.5 Å². The van der Waals surface area contributed by atoms with Crippen molar-refractivity contribution < 1.29 is 9.18 Å². The summed E-state index contributed by atoms with van der Waals surface area (Å²) in [4.78, 5) is 31.9. The zero-order chi connectivity index (χ0) is 20.7. The Hall–Kier alpha value is -3.13. The summed E-state index contributed by atoms with van der Waals surface area (Å²) in [5.41, 5.74) is 1.11. The molecule has 0 radical (unpaired) electrons. The summed E-state index contributed by atoms with van der Waals surface area (Å²) < 4.78 is 13.2. The van der Waals surface area contributed by atoms with Crippen molar-refractivity contribution in [2.75, 3.05) is 11.9 Å². The molecule has 5 rings (SSSR count). The molecule has 1 aromatic carbocycles. The van der Waals surface area contributed by atoms with Crippen LogP contribution in [0.15, 0.2) is 49.1 Å². The first kappa shape index (κ1) is 18.9. The van der Waals surface area contributed by atoms with Gasteiger partial charge in [0.05, 0.1) is 41.4 Å². The van der Waals surface area contributed by atoms with Crippen LogP contribution in [0, 0.1) is 11.7 Å². The third-order valence-electron chi connectivity index (χ3n) is 5.70. The highest BCUT2D eigenvalue weighted by atomic mass is 35.5. The van der Waals surface area contributed by atoms with Crippen LogP contribution in [-0.2, 0) is 0 Å². The molecule has 2 bridgehead atoms. The average molecular weight is 425 g/mol. The van der Waals surface area contributed by atoms with E-state index in [1.807, 2.05) is 17.0 Å². The lowest BCUT2D eigenvalue weighted by Crippen LogP contribution is -2.48. The highest BCUT2D eigenvalue weighted by molar-refractivity contribution is 6.30. The van der Waals surface area contributed by atoms with E-state index in [-0.39, 0.29) is 18.0 Å². The van der Waals surface area contributed by atoms with E-state index < -0.39 is 5.82 Å². The van der Waals surface area contributed by atoms with Gasteiger partial charge in [-0.05, 0) is 24.8 Å². The molecule has 1 saturated heterocycles. The van der Waals surface area contributed by atoms with Gasteiger partial charge in [0, 0.05) is 18.2 Å². The molecule has 1 saturated carbocycles. The predicted molar refractivity (Wildman–Crippen MR) is 109 cm³/mol. The summed E-state index contributed by atoms with van der Waals surface area (Å²) >= 11 is 5.86. The van der Waals surface area contributed by atoms with Gasteiger partial charge in [-0.1, -0.05) is 29.8 Å². The fourth-order valence-electron chi connectivity index (χ4n) is 4.44. The van der Waals surface area contributed by atoms with Crippen molar-refractivity contribution in [1.82, 2.24) is 24.8 Å². The minimum atomic E-state index is -0.516. The number of fused-ring (bicyclic) bond motifs is 2. The van der Waals surface area contributed by atoms with Crippen molar-refractivity contribution in [3.05, 3.63) is 65.5 Å². The molecule has 2 aliphatic rings. The topological polar surface area (TPSA) is 83.9 Å². The number of likely N-dealkylation sites (tertiary alicyclic amines) is 1. The molecule has 3 aromatic rings. The number of nitrogens with one attached hydrogen (secondary N) is 1. The van der Waals surface area contributed by atoms with E-state index >= 15 is 0 Å². The number of halogens is 2. The highest BCUT2D eigenvalue weighted by Gasteiger charge is 2.47. The van der Waals surface area contributed by atoms with Gasteiger partial charge in [0.25, 0.3) is 5.91 Å². The third-order valence-corrected chi connectivity index (χ3v) is 5.89. The Balaban J connectivity index is 1.39. The molecule has 1 aliphatic heterocycles. The molecule has 152 valence electrons. The van der Waals surface area contributed by atoms with Crippen LogP contribution >= 0.6 is 11.6 Å². The van der Waals surface area contributed by atoms with Gasteiger partial charge >= 0.3 is 0 Å². The number of aromatic nitrogens is 4. The Bertz CT molecular complexity index is 1080. The Morgan fingerprint density at radius 3 is 2.53 bits per heavy atom. The van der Waals surface area contributed by atoms with Gasteiger partial charge in [-0.15, -0.1) is 0 Å². The third kappa shape index (κ3) is 3.47. The smallest absolute Gasteiger partial charge is 0.254 e. The maximum absolute atomic E-state index is 13.5. The number of carbonyl (C=O) groups excluding carboxylic acids is 1. The highest BCUT2D eigenvalue weighted by Crippen LogP contribution is 2.40. The van der Waals surface area contributed by atoms with Gasteiger partial charge in [0.1, 0.15) is 0 Å². The Morgan fingerprint density at radius 2 is 1.80 bits per heavy atom. The van der Waals surface area contributed by atoms with Crippen molar-refractivity contribution >= 4 is 23.5 Å². The van der Waals surface area contributed by atoms with Gasteiger partial charge < -0.3 is 10.2 Å². The van der Waals surface area contributed by atoms with E-state index in [4.69, 9.17) is 11.6 Å². The molecule has 30 heavy (non-hydrogen) atoms. The molecule has 1 aliphatic carbocycles. The number of piperidine rings is 1. The molecule has 0 spiro atoms. The quantitative estimate of drug-likeness (QED) is 0.690. The average Bonchev–Trinajstić information content (AvgIpc) is 3.36. The number of hydrogen-bond donors (Lipinski definition) is 1. The molecule has 7 nitrogen and oxygen atoms in total. The fourth-order valence-corrected chi connectivity index (χ4v) is 4.53. The first-order valence-corrected chi connectivity index (χ1v) is 10.1. The van der Waals surface area contributed by atoms with Crippen LogP contribution in [0.2, 0.25) is 5.02 Å². The number of benzene rings is 1. The SMILES string of the molecule is O=C(c1ccccc1-c1ncc(F)cn1)N1CC2CC(Nc3ncc(Cl)cn3)C1C2. The van der Waals surface area contributed by atoms with Crippen LogP contribution in [-0.4, -0.2) is 49.4 Å². The molecule has 1 amide bonds.